The third-order valence-electron chi connectivity index (χ3n) is 3.93. The third kappa shape index (κ3) is 3.04. The van der Waals surface area contributed by atoms with Gasteiger partial charge in [-0.25, -0.2) is 0 Å². The van der Waals surface area contributed by atoms with Gasteiger partial charge in [0, 0.05) is 12.1 Å². The smallest absolute Gasteiger partial charge is 0.291 e. The van der Waals surface area contributed by atoms with E-state index in [-0.39, 0.29) is 11.2 Å². The van der Waals surface area contributed by atoms with Crippen molar-refractivity contribution < 1.29 is 9.66 Å². The first kappa shape index (κ1) is 16.9. The van der Waals surface area contributed by atoms with E-state index < -0.39 is 4.92 Å². The van der Waals surface area contributed by atoms with Crippen molar-refractivity contribution in [1.29, 1.82) is 0 Å². The predicted octanol–water partition coefficient (Wildman–Crippen LogP) is 2.28. The summed E-state index contributed by atoms with van der Waals surface area (Å²) >= 11 is 1.20. The zero-order valence-corrected chi connectivity index (χ0v) is 14.8. The molecule has 0 fully saturated rings. The zero-order valence-electron chi connectivity index (χ0n) is 14.0. The van der Waals surface area contributed by atoms with Crippen LogP contribution in [0.25, 0.3) is 22.4 Å². The summed E-state index contributed by atoms with van der Waals surface area (Å²) in [6, 6.07) is 13.3. The monoisotopic (exact) mass is 380 g/mol. The number of hydrogen-bond acceptors (Lipinski definition) is 7. The highest BCUT2D eigenvalue weighted by molar-refractivity contribution is 7.15. The van der Waals surface area contributed by atoms with E-state index >= 15 is 0 Å². The number of nitro groups is 1. The highest BCUT2D eigenvalue weighted by Crippen LogP contribution is 2.27. The molecular formula is C18H12N4O4S. The van der Waals surface area contributed by atoms with Gasteiger partial charge >= 0.3 is 0 Å². The van der Waals surface area contributed by atoms with Crippen LogP contribution in [0.1, 0.15) is 5.56 Å². The molecule has 0 N–H and O–H groups in total. The Labute approximate surface area is 156 Å². The highest BCUT2D eigenvalue weighted by Gasteiger charge is 2.15. The second kappa shape index (κ2) is 6.61. The number of benzene rings is 2. The molecule has 0 radical (unpaired) electrons. The maximum atomic E-state index is 12.6. The van der Waals surface area contributed by atoms with Crippen molar-refractivity contribution in [3.05, 3.63) is 79.1 Å². The molecule has 0 aliphatic carbocycles. The van der Waals surface area contributed by atoms with Crippen LogP contribution in [0.4, 0.5) is 5.69 Å². The number of nitro benzene ring substituents is 1. The fourth-order valence-corrected chi connectivity index (χ4v) is 3.53. The van der Waals surface area contributed by atoms with Crippen LogP contribution in [0.5, 0.6) is 5.75 Å². The minimum Gasteiger partial charge on any atom is -0.496 e. The van der Waals surface area contributed by atoms with Gasteiger partial charge in [0.05, 0.1) is 22.1 Å². The van der Waals surface area contributed by atoms with Crippen LogP contribution in [0.2, 0.25) is 0 Å². The molecule has 0 atom stereocenters. The molecule has 4 rings (SSSR count). The van der Waals surface area contributed by atoms with Crippen LogP contribution < -0.4 is 14.8 Å². The van der Waals surface area contributed by atoms with Crippen molar-refractivity contribution in [2.75, 3.05) is 7.11 Å². The molecular weight excluding hydrogens is 368 g/mol. The zero-order chi connectivity index (χ0) is 19.0. The number of hydrogen-bond donors (Lipinski definition) is 0. The lowest BCUT2D eigenvalue weighted by Gasteiger charge is -2.03. The van der Waals surface area contributed by atoms with Crippen LogP contribution in [0.3, 0.4) is 0 Å². The first-order chi connectivity index (χ1) is 13.1. The Hall–Kier alpha value is -3.59. The summed E-state index contributed by atoms with van der Waals surface area (Å²) in [4.78, 5) is 27.8. The Morgan fingerprint density at radius 1 is 1.19 bits per heavy atom. The molecule has 27 heavy (non-hydrogen) atoms. The lowest BCUT2D eigenvalue weighted by Crippen LogP contribution is -2.23. The molecule has 2 heterocycles. The van der Waals surface area contributed by atoms with Gasteiger partial charge in [0.25, 0.3) is 11.2 Å². The maximum Gasteiger partial charge on any atom is 0.291 e. The SMILES string of the molecule is COc1ccccc1-c1nc2s/c(=C\c3ccc([N+](=O)[O-])cc3)c(=O)n2n1. The number of nitrogens with zero attached hydrogens (tertiary/aromatic N) is 4. The number of ether oxygens (including phenoxy) is 1. The molecule has 4 aromatic rings. The Balaban J connectivity index is 1.77. The molecule has 0 saturated heterocycles. The summed E-state index contributed by atoms with van der Waals surface area (Å²) in [5, 5.41) is 15.0. The second-order valence-electron chi connectivity index (χ2n) is 5.59. The average molecular weight is 380 g/mol. The maximum absolute atomic E-state index is 12.6. The molecule has 0 amide bonds. The Bertz CT molecular complexity index is 1260. The molecule has 0 saturated carbocycles. The Morgan fingerprint density at radius 3 is 2.59 bits per heavy atom. The van der Waals surface area contributed by atoms with Crippen molar-refractivity contribution in [2.45, 2.75) is 0 Å². The van der Waals surface area contributed by atoms with Gasteiger partial charge in [-0.05, 0) is 35.9 Å². The standard InChI is InChI=1S/C18H12N4O4S/c1-26-14-5-3-2-4-13(14)16-19-18-21(20-16)17(23)15(27-18)10-11-6-8-12(9-7-11)22(24)25/h2-10H,1H3/b15-10-. The van der Waals surface area contributed by atoms with Crippen molar-refractivity contribution in [3.8, 4) is 17.1 Å². The molecule has 2 aromatic carbocycles. The summed E-state index contributed by atoms with van der Waals surface area (Å²) in [5.74, 6) is 1.04. The third-order valence-corrected chi connectivity index (χ3v) is 4.89. The van der Waals surface area contributed by atoms with Gasteiger partial charge < -0.3 is 4.74 Å². The van der Waals surface area contributed by atoms with Crippen LogP contribution in [-0.2, 0) is 0 Å². The number of methoxy groups -OCH3 is 1. The molecule has 0 unspecified atom stereocenters. The summed E-state index contributed by atoms with van der Waals surface area (Å²) in [5.41, 5.74) is 1.10. The van der Waals surface area contributed by atoms with Crippen molar-refractivity contribution >= 4 is 28.1 Å². The van der Waals surface area contributed by atoms with E-state index in [4.69, 9.17) is 4.74 Å². The van der Waals surface area contributed by atoms with Gasteiger partial charge in [-0.15, -0.1) is 5.10 Å². The summed E-state index contributed by atoms with van der Waals surface area (Å²) < 4.78 is 7.02. The summed E-state index contributed by atoms with van der Waals surface area (Å²) in [7, 11) is 1.56. The largest absolute Gasteiger partial charge is 0.496 e. The molecule has 0 aliphatic heterocycles. The fourth-order valence-electron chi connectivity index (χ4n) is 2.62. The molecule has 9 heteroatoms. The van der Waals surface area contributed by atoms with Crippen molar-refractivity contribution in [3.63, 3.8) is 0 Å². The van der Waals surface area contributed by atoms with Crippen LogP contribution in [0, 0.1) is 10.1 Å². The molecule has 8 nitrogen and oxygen atoms in total. The van der Waals surface area contributed by atoms with E-state index in [1.165, 1.54) is 28.0 Å². The van der Waals surface area contributed by atoms with Gasteiger partial charge in [-0.3, -0.25) is 14.9 Å². The van der Waals surface area contributed by atoms with Gasteiger partial charge in [0.1, 0.15) is 5.75 Å². The molecule has 134 valence electrons. The van der Waals surface area contributed by atoms with Crippen molar-refractivity contribution in [2.24, 2.45) is 0 Å². The van der Waals surface area contributed by atoms with E-state index in [2.05, 4.69) is 10.1 Å². The topological polar surface area (TPSA) is 99.6 Å². The summed E-state index contributed by atoms with van der Waals surface area (Å²) in [6.07, 6.45) is 1.66. The number of non-ortho nitro benzene ring substituents is 1. The molecule has 0 bridgehead atoms. The first-order valence-corrected chi connectivity index (χ1v) is 8.67. The summed E-state index contributed by atoms with van der Waals surface area (Å²) in [6.45, 7) is 0. The van der Waals surface area contributed by atoms with Crippen LogP contribution >= 0.6 is 11.3 Å². The fraction of sp³-hybridized carbons (Fsp3) is 0.0556. The number of para-hydroxylation sites is 1. The van der Waals surface area contributed by atoms with Gasteiger partial charge in [-0.1, -0.05) is 23.5 Å². The van der Waals surface area contributed by atoms with Crippen molar-refractivity contribution in [1.82, 2.24) is 14.6 Å². The average Bonchev–Trinajstić information content (AvgIpc) is 3.22. The van der Waals surface area contributed by atoms with Gasteiger partial charge in [-0.2, -0.15) is 9.50 Å². The minimum absolute atomic E-state index is 0.00130. The van der Waals surface area contributed by atoms with Crippen LogP contribution in [-0.4, -0.2) is 26.6 Å². The Kier molecular flexibility index (Phi) is 4.13. The first-order valence-electron chi connectivity index (χ1n) is 7.86. The molecule has 0 aliphatic rings. The lowest BCUT2D eigenvalue weighted by atomic mass is 10.2. The normalized spacial score (nSPS) is 11.8. The van der Waals surface area contributed by atoms with Crippen LogP contribution in [0.15, 0.2) is 53.3 Å². The lowest BCUT2D eigenvalue weighted by molar-refractivity contribution is -0.384. The Morgan fingerprint density at radius 2 is 1.93 bits per heavy atom. The van der Waals surface area contributed by atoms with E-state index in [9.17, 15) is 14.9 Å². The quantitative estimate of drug-likeness (QED) is 0.398. The highest BCUT2D eigenvalue weighted by atomic mass is 32.1. The predicted molar refractivity (Wildman–Crippen MR) is 101 cm³/mol. The van der Waals surface area contributed by atoms with Gasteiger partial charge in [0.15, 0.2) is 5.82 Å². The van der Waals surface area contributed by atoms with E-state index in [0.29, 0.717) is 32.2 Å². The number of rotatable bonds is 4. The van der Waals surface area contributed by atoms with E-state index in [1.807, 2.05) is 18.2 Å². The van der Waals surface area contributed by atoms with Gasteiger partial charge in [0.2, 0.25) is 4.96 Å². The molecule has 0 spiro atoms. The number of fused-ring (bicyclic) bond motifs is 1. The number of thiazole rings is 1. The van der Waals surface area contributed by atoms with E-state index in [0.717, 1.165) is 0 Å². The second-order valence-corrected chi connectivity index (χ2v) is 6.60. The van der Waals surface area contributed by atoms with E-state index in [1.54, 1.807) is 31.4 Å². The minimum atomic E-state index is -0.467. The molecule has 2 aromatic heterocycles. The number of aromatic nitrogens is 3.